The van der Waals surface area contributed by atoms with Crippen molar-refractivity contribution in [3.8, 4) is 11.6 Å². The minimum atomic E-state index is -0.0383. The van der Waals surface area contributed by atoms with E-state index in [2.05, 4.69) is 10.1 Å². The molecular weight excluding hydrogens is 270 g/mol. The summed E-state index contributed by atoms with van der Waals surface area (Å²) in [5.41, 5.74) is 7.95. The lowest BCUT2D eigenvalue weighted by molar-refractivity contribution is 0.184. The molecule has 0 amide bonds. The number of nitrogens with zero attached hydrogens (tertiary/aromatic N) is 2. The van der Waals surface area contributed by atoms with Crippen LogP contribution >= 0.6 is 0 Å². The third kappa shape index (κ3) is 3.49. The largest absolute Gasteiger partial charge is 0.438 e. The molecule has 2 rings (SSSR count). The van der Waals surface area contributed by atoms with Crippen LogP contribution in [-0.2, 0) is 11.3 Å². The summed E-state index contributed by atoms with van der Waals surface area (Å²) in [5.74, 6) is 0.859. The van der Waals surface area contributed by atoms with E-state index in [1.807, 2.05) is 25.1 Å². The Bertz CT molecular complexity index is 656. The molecule has 1 heterocycles. The van der Waals surface area contributed by atoms with E-state index in [0.29, 0.717) is 23.8 Å². The highest BCUT2D eigenvalue weighted by Gasteiger charge is 2.14. The Hall–Kier alpha value is -2.60. The van der Waals surface area contributed by atoms with E-state index < -0.39 is 0 Å². The fourth-order valence-corrected chi connectivity index (χ4v) is 1.95. The van der Waals surface area contributed by atoms with Gasteiger partial charge in [0.15, 0.2) is 5.84 Å². The number of aryl methyl sites for hydroxylation is 1. The Labute approximate surface area is 122 Å². The molecule has 1 aromatic carbocycles. The topological polar surface area (TPSA) is 90.0 Å². The smallest absolute Gasteiger partial charge is 0.230 e. The molecule has 0 bridgehead atoms. The number of nitrogens with two attached hydrogens (primary N) is 1. The Morgan fingerprint density at radius 1 is 1.38 bits per heavy atom. The molecule has 110 valence electrons. The van der Waals surface area contributed by atoms with E-state index in [4.69, 9.17) is 20.4 Å². The van der Waals surface area contributed by atoms with Crippen LogP contribution in [0.1, 0.15) is 16.7 Å². The maximum absolute atomic E-state index is 8.88. The van der Waals surface area contributed by atoms with Crippen LogP contribution in [0.5, 0.6) is 11.6 Å². The molecule has 0 spiro atoms. The fraction of sp³-hybridized carbons (Fsp3) is 0.200. The van der Waals surface area contributed by atoms with Gasteiger partial charge in [0, 0.05) is 13.3 Å². The minimum Gasteiger partial charge on any atom is -0.438 e. The first-order chi connectivity index (χ1) is 10.2. The molecule has 0 aliphatic carbocycles. The van der Waals surface area contributed by atoms with Gasteiger partial charge >= 0.3 is 0 Å². The van der Waals surface area contributed by atoms with Crippen molar-refractivity contribution in [2.24, 2.45) is 10.9 Å². The summed E-state index contributed by atoms with van der Waals surface area (Å²) in [6.45, 7) is 2.33. The lowest BCUT2D eigenvalue weighted by Gasteiger charge is -2.12. The third-order valence-corrected chi connectivity index (χ3v) is 2.91. The summed E-state index contributed by atoms with van der Waals surface area (Å²) in [6.07, 6.45) is 1.61. The van der Waals surface area contributed by atoms with Crippen molar-refractivity contribution in [1.29, 1.82) is 0 Å². The predicted octanol–water partition coefficient (Wildman–Crippen LogP) is 2.42. The number of aromatic nitrogens is 1. The van der Waals surface area contributed by atoms with Crippen LogP contribution in [-0.4, -0.2) is 23.1 Å². The highest BCUT2D eigenvalue weighted by molar-refractivity contribution is 6.00. The highest BCUT2D eigenvalue weighted by atomic mass is 16.5. The van der Waals surface area contributed by atoms with E-state index in [1.54, 1.807) is 25.4 Å². The number of ether oxygens (including phenoxy) is 2. The normalized spacial score (nSPS) is 11.4. The van der Waals surface area contributed by atoms with Crippen molar-refractivity contribution in [3.05, 3.63) is 53.2 Å². The van der Waals surface area contributed by atoms with Gasteiger partial charge in [-0.25, -0.2) is 4.98 Å². The molecule has 0 saturated heterocycles. The standard InChI is InChI=1S/C15H17N3O3/c1-10-6-7-17-15(13(10)14(16)18-19)21-12-5-3-4-11(8-12)9-20-2/h3-8,19H,9H2,1-2H3,(H2,16,18). The molecule has 2 aromatic rings. The molecule has 1 aromatic heterocycles. The maximum Gasteiger partial charge on any atom is 0.230 e. The van der Waals surface area contributed by atoms with Gasteiger partial charge in [0.05, 0.1) is 12.2 Å². The predicted molar refractivity (Wildman–Crippen MR) is 78.7 cm³/mol. The average molecular weight is 287 g/mol. The zero-order chi connectivity index (χ0) is 15.2. The Kier molecular flexibility index (Phi) is 4.73. The van der Waals surface area contributed by atoms with E-state index in [1.165, 1.54) is 0 Å². The van der Waals surface area contributed by atoms with Crippen LogP contribution in [0.4, 0.5) is 0 Å². The molecule has 6 nitrogen and oxygen atoms in total. The molecule has 0 fully saturated rings. The number of pyridine rings is 1. The summed E-state index contributed by atoms with van der Waals surface area (Å²) in [4.78, 5) is 4.15. The second-order valence-corrected chi connectivity index (χ2v) is 4.48. The van der Waals surface area contributed by atoms with Crippen molar-refractivity contribution >= 4 is 5.84 Å². The summed E-state index contributed by atoms with van der Waals surface area (Å²) in [5, 5.41) is 11.9. The lowest BCUT2D eigenvalue weighted by atomic mass is 10.1. The monoisotopic (exact) mass is 287 g/mol. The first-order valence-electron chi connectivity index (χ1n) is 6.35. The van der Waals surface area contributed by atoms with Gasteiger partial charge in [0.2, 0.25) is 5.88 Å². The Morgan fingerprint density at radius 3 is 2.90 bits per heavy atom. The highest BCUT2D eigenvalue weighted by Crippen LogP contribution is 2.25. The number of hydrogen-bond acceptors (Lipinski definition) is 5. The number of hydrogen-bond donors (Lipinski definition) is 2. The van der Waals surface area contributed by atoms with Crippen LogP contribution < -0.4 is 10.5 Å². The van der Waals surface area contributed by atoms with Crippen molar-refractivity contribution < 1.29 is 14.7 Å². The Morgan fingerprint density at radius 2 is 2.19 bits per heavy atom. The van der Waals surface area contributed by atoms with E-state index in [0.717, 1.165) is 11.1 Å². The van der Waals surface area contributed by atoms with Gasteiger partial charge < -0.3 is 20.4 Å². The van der Waals surface area contributed by atoms with Gasteiger partial charge in [0.1, 0.15) is 5.75 Å². The first-order valence-corrected chi connectivity index (χ1v) is 6.35. The zero-order valence-corrected chi connectivity index (χ0v) is 11.9. The molecule has 0 unspecified atom stereocenters. The van der Waals surface area contributed by atoms with Crippen LogP contribution in [0, 0.1) is 6.92 Å². The van der Waals surface area contributed by atoms with E-state index in [9.17, 15) is 0 Å². The summed E-state index contributed by atoms with van der Waals surface area (Å²) in [7, 11) is 1.63. The molecule has 6 heteroatoms. The summed E-state index contributed by atoms with van der Waals surface area (Å²) in [6, 6.07) is 9.22. The molecule has 3 N–H and O–H groups in total. The summed E-state index contributed by atoms with van der Waals surface area (Å²) >= 11 is 0. The van der Waals surface area contributed by atoms with E-state index >= 15 is 0 Å². The van der Waals surface area contributed by atoms with Gasteiger partial charge in [-0.15, -0.1) is 0 Å². The van der Waals surface area contributed by atoms with Crippen LogP contribution in [0.25, 0.3) is 0 Å². The number of benzene rings is 1. The van der Waals surface area contributed by atoms with Crippen LogP contribution in [0.15, 0.2) is 41.7 Å². The average Bonchev–Trinajstić information content (AvgIpc) is 2.47. The number of amidine groups is 1. The second kappa shape index (κ2) is 6.71. The number of oxime groups is 1. The summed E-state index contributed by atoms with van der Waals surface area (Å²) < 4.78 is 10.8. The van der Waals surface area contributed by atoms with Crippen molar-refractivity contribution in [1.82, 2.24) is 4.98 Å². The first kappa shape index (κ1) is 14.8. The van der Waals surface area contributed by atoms with E-state index in [-0.39, 0.29) is 5.84 Å². The minimum absolute atomic E-state index is 0.0383. The lowest BCUT2D eigenvalue weighted by Crippen LogP contribution is -2.16. The molecule has 0 atom stereocenters. The molecule has 0 aliphatic rings. The van der Waals surface area contributed by atoms with Gasteiger partial charge in [-0.1, -0.05) is 17.3 Å². The van der Waals surface area contributed by atoms with Gasteiger partial charge in [-0.2, -0.15) is 0 Å². The van der Waals surface area contributed by atoms with Gasteiger partial charge in [-0.3, -0.25) is 0 Å². The van der Waals surface area contributed by atoms with Crippen LogP contribution in [0.3, 0.4) is 0 Å². The molecule has 0 aliphatic heterocycles. The van der Waals surface area contributed by atoms with Crippen molar-refractivity contribution in [2.75, 3.05) is 7.11 Å². The van der Waals surface area contributed by atoms with Crippen molar-refractivity contribution in [3.63, 3.8) is 0 Å². The molecule has 0 radical (unpaired) electrons. The SMILES string of the molecule is COCc1cccc(Oc2nccc(C)c2/C(N)=N/O)c1. The van der Waals surface area contributed by atoms with Gasteiger partial charge in [-0.05, 0) is 36.2 Å². The van der Waals surface area contributed by atoms with Crippen LogP contribution in [0.2, 0.25) is 0 Å². The quantitative estimate of drug-likeness (QED) is 0.381. The van der Waals surface area contributed by atoms with Gasteiger partial charge in [0.25, 0.3) is 0 Å². The molecule has 0 saturated carbocycles. The fourth-order valence-electron chi connectivity index (χ4n) is 1.95. The second-order valence-electron chi connectivity index (χ2n) is 4.48. The Balaban J connectivity index is 2.36. The van der Waals surface area contributed by atoms with Crippen molar-refractivity contribution in [2.45, 2.75) is 13.5 Å². The number of methoxy groups -OCH3 is 1. The third-order valence-electron chi connectivity index (χ3n) is 2.91. The molecule has 21 heavy (non-hydrogen) atoms. The molecular formula is C15H17N3O3. The number of rotatable bonds is 5. The maximum atomic E-state index is 8.88. The zero-order valence-electron chi connectivity index (χ0n) is 11.9.